The van der Waals surface area contributed by atoms with Gasteiger partial charge < -0.3 is 0 Å². The Morgan fingerprint density at radius 1 is 1.00 bits per heavy atom. The Bertz CT molecular complexity index is 512. The predicted octanol–water partition coefficient (Wildman–Crippen LogP) is 2.97. The first-order valence-electron chi connectivity index (χ1n) is 4.93. The van der Waals surface area contributed by atoms with Gasteiger partial charge in [-0.05, 0) is 21.9 Å². The summed E-state index contributed by atoms with van der Waals surface area (Å²) in [6.45, 7) is 0.844. The number of hydrogen-bond acceptors (Lipinski definition) is 1. The molecule has 0 radical (unpaired) electrons. The van der Waals surface area contributed by atoms with E-state index in [1.54, 1.807) is 0 Å². The van der Waals surface area contributed by atoms with Crippen LogP contribution in [0.3, 0.4) is 0 Å². The summed E-state index contributed by atoms with van der Waals surface area (Å²) >= 11 is 0. The maximum atomic E-state index is 4.34. The van der Waals surface area contributed by atoms with Gasteiger partial charge in [-0.15, -0.1) is 0 Å². The van der Waals surface area contributed by atoms with Crippen LogP contribution in [0.4, 0.5) is 0 Å². The van der Waals surface area contributed by atoms with E-state index in [9.17, 15) is 0 Å². The van der Waals surface area contributed by atoms with Crippen LogP contribution in [-0.2, 0) is 13.0 Å². The summed E-state index contributed by atoms with van der Waals surface area (Å²) in [5.74, 6) is 0. The molecule has 0 bridgehead atoms. The van der Waals surface area contributed by atoms with E-state index in [0.717, 1.165) is 13.0 Å². The monoisotopic (exact) mass is 181 g/mol. The van der Waals surface area contributed by atoms with Crippen molar-refractivity contribution in [2.24, 2.45) is 4.99 Å². The van der Waals surface area contributed by atoms with Crippen LogP contribution in [0.15, 0.2) is 41.4 Å². The highest BCUT2D eigenvalue weighted by atomic mass is 14.7. The lowest BCUT2D eigenvalue weighted by Gasteiger charge is -2.13. The molecule has 1 aliphatic heterocycles. The molecule has 0 N–H and O–H groups in total. The van der Waals surface area contributed by atoms with Crippen molar-refractivity contribution in [1.82, 2.24) is 0 Å². The number of hydrogen-bond donors (Lipinski definition) is 0. The van der Waals surface area contributed by atoms with E-state index in [-0.39, 0.29) is 0 Å². The summed E-state index contributed by atoms with van der Waals surface area (Å²) < 4.78 is 0. The van der Waals surface area contributed by atoms with E-state index in [1.165, 1.54) is 21.9 Å². The summed E-state index contributed by atoms with van der Waals surface area (Å²) in [5, 5.41) is 2.69. The molecule has 1 heteroatoms. The minimum atomic E-state index is 0.844. The van der Waals surface area contributed by atoms with E-state index >= 15 is 0 Å². The van der Waals surface area contributed by atoms with Gasteiger partial charge in [0.1, 0.15) is 0 Å². The van der Waals surface area contributed by atoms with Crippen molar-refractivity contribution >= 4 is 17.0 Å². The van der Waals surface area contributed by atoms with Gasteiger partial charge in [0.25, 0.3) is 0 Å². The normalized spacial score (nSPS) is 14.3. The molecule has 0 aromatic heterocycles. The molecule has 0 saturated carbocycles. The number of benzene rings is 2. The van der Waals surface area contributed by atoms with Crippen molar-refractivity contribution in [1.29, 1.82) is 0 Å². The molecule has 1 aliphatic rings. The van der Waals surface area contributed by atoms with Gasteiger partial charge in [-0.3, -0.25) is 4.99 Å². The first-order chi connectivity index (χ1) is 6.95. The Morgan fingerprint density at radius 3 is 2.93 bits per heavy atom. The number of aliphatic imine (C=N–C) groups is 1. The van der Waals surface area contributed by atoms with Crippen molar-refractivity contribution in [2.75, 3.05) is 0 Å². The third-order valence-electron chi connectivity index (χ3n) is 2.83. The van der Waals surface area contributed by atoms with E-state index in [2.05, 4.69) is 41.4 Å². The van der Waals surface area contributed by atoms with Crippen molar-refractivity contribution in [3.8, 4) is 0 Å². The van der Waals surface area contributed by atoms with Gasteiger partial charge in [0.2, 0.25) is 0 Å². The molecule has 14 heavy (non-hydrogen) atoms. The van der Waals surface area contributed by atoms with Crippen LogP contribution in [0.1, 0.15) is 11.1 Å². The van der Waals surface area contributed by atoms with Crippen molar-refractivity contribution < 1.29 is 0 Å². The minimum absolute atomic E-state index is 0.844. The molecular formula is C13H11N. The van der Waals surface area contributed by atoms with E-state index in [0.29, 0.717) is 0 Å². The molecular weight excluding hydrogens is 170 g/mol. The summed E-state index contributed by atoms with van der Waals surface area (Å²) in [6, 6.07) is 13.0. The lowest BCUT2D eigenvalue weighted by Crippen LogP contribution is -2.01. The maximum absolute atomic E-state index is 4.34. The summed E-state index contributed by atoms with van der Waals surface area (Å²) in [5.41, 5.74) is 2.84. The van der Waals surface area contributed by atoms with Gasteiger partial charge in [-0.25, -0.2) is 0 Å². The quantitative estimate of drug-likeness (QED) is 0.592. The summed E-state index contributed by atoms with van der Waals surface area (Å²) in [7, 11) is 0. The fraction of sp³-hybridized carbons (Fsp3) is 0.154. The van der Waals surface area contributed by atoms with Crippen molar-refractivity contribution in [2.45, 2.75) is 13.0 Å². The van der Waals surface area contributed by atoms with Crippen molar-refractivity contribution in [3.63, 3.8) is 0 Å². The van der Waals surface area contributed by atoms with Crippen LogP contribution < -0.4 is 0 Å². The predicted molar refractivity (Wildman–Crippen MR) is 59.8 cm³/mol. The topological polar surface area (TPSA) is 12.4 Å². The number of fused-ring (bicyclic) bond motifs is 3. The molecule has 0 fully saturated rings. The van der Waals surface area contributed by atoms with E-state index in [4.69, 9.17) is 0 Å². The molecule has 0 unspecified atom stereocenters. The van der Waals surface area contributed by atoms with Crippen LogP contribution in [-0.4, -0.2) is 6.21 Å². The largest absolute Gasteiger partial charge is 0.292 e. The Kier molecular flexibility index (Phi) is 1.63. The zero-order valence-corrected chi connectivity index (χ0v) is 7.90. The molecule has 2 aromatic carbocycles. The average Bonchev–Trinajstić information content (AvgIpc) is 2.29. The van der Waals surface area contributed by atoms with Gasteiger partial charge in [-0.1, -0.05) is 36.4 Å². The van der Waals surface area contributed by atoms with Crippen LogP contribution in [0.25, 0.3) is 10.8 Å². The molecule has 0 atom stereocenters. The Hall–Kier alpha value is -1.63. The summed E-state index contributed by atoms with van der Waals surface area (Å²) in [6.07, 6.45) is 3.00. The lowest BCUT2D eigenvalue weighted by molar-refractivity contribution is 1.02. The summed E-state index contributed by atoms with van der Waals surface area (Å²) in [4.78, 5) is 4.34. The first-order valence-corrected chi connectivity index (χ1v) is 4.93. The number of nitrogens with zero attached hydrogens (tertiary/aromatic N) is 1. The third kappa shape index (κ3) is 1.06. The van der Waals surface area contributed by atoms with E-state index in [1.807, 2.05) is 6.21 Å². The second-order valence-electron chi connectivity index (χ2n) is 3.65. The second-order valence-corrected chi connectivity index (χ2v) is 3.65. The molecule has 1 heterocycles. The van der Waals surface area contributed by atoms with Crippen LogP contribution >= 0.6 is 0 Å². The van der Waals surface area contributed by atoms with Crippen molar-refractivity contribution in [3.05, 3.63) is 47.5 Å². The van der Waals surface area contributed by atoms with E-state index < -0.39 is 0 Å². The molecule has 0 spiro atoms. The minimum Gasteiger partial charge on any atom is -0.292 e. The Balaban J connectivity index is 2.37. The highest BCUT2D eigenvalue weighted by Crippen LogP contribution is 2.25. The zero-order valence-electron chi connectivity index (χ0n) is 7.90. The number of rotatable bonds is 0. The fourth-order valence-corrected chi connectivity index (χ4v) is 2.08. The molecule has 0 aliphatic carbocycles. The molecule has 1 nitrogen and oxygen atoms in total. The first kappa shape index (κ1) is 7.74. The average molecular weight is 181 g/mol. The zero-order chi connectivity index (χ0) is 9.38. The van der Waals surface area contributed by atoms with Gasteiger partial charge in [-0.2, -0.15) is 0 Å². The van der Waals surface area contributed by atoms with Crippen LogP contribution in [0.2, 0.25) is 0 Å². The standard InChI is InChI=1S/C13H11N/c1-2-4-12-10(3-1)5-6-11-7-8-14-9-13(11)12/h1-6,8H,7,9H2. The molecule has 2 aromatic rings. The third-order valence-corrected chi connectivity index (χ3v) is 2.83. The molecule has 0 saturated heterocycles. The molecule has 0 amide bonds. The Labute approximate surface area is 83.1 Å². The van der Waals surface area contributed by atoms with Gasteiger partial charge in [0.15, 0.2) is 0 Å². The second kappa shape index (κ2) is 2.95. The molecule has 3 rings (SSSR count). The smallest absolute Gasteiger partial charge is 0.0644 e. The van der Waals surface area contributed by atoms with Gasteiger partial charge in [0, 0.05) is 12.6 Å². The molecule has 68 valence electrons. The lowest BCUT2D eigenvalue weighted by atomic mass is 9.96. The SMILES string of the molecule is C1=NCc2c(ccc3ccccc23)C1. The van der Waals surface area contributed by atoms with Crippen LogP contribution in [0.5, 0.6) is 0 Å². The van der Waals surface area contributed by atoms with Crippen LogP contribution in [0, 0.1) is 0 Å². The fourth-order valence-electron chi connectivity index (χ4n) is 2.08. The highest BCUT2D eigenvalue weighted by molar-refractivity contribution is 5.88. The Morgan fingerprint density at radius 2 is 1.93 bits per heavy atom. The van der Waals surface area contributed by atoms with Gasteiger partial charge >= 0.3 is 0 Å². The van der Waals surface area contributed by atoms with Gasteiger partial charge in [0.05, 0.1) is 6.54 Å². The maximum Gasteiger partial charge on any atom is 0.0644 e. The highest BCUT2D eigenvalue weighted by Gasteiger charge is 2.08.